The van der Waals surface area contributed by atoms with Crippen molar-refractivity contribution in [1.29, 1.82) is 0 Å². The fraction of sp³-hybridized carbons (Fsp3) is 0.875. The van der Waals surface area contributed by atoms with E-state index in [2.05, 4.69) is 0 Å². The van der Waals surface area contributed by atoms with Gasteiger partial charge in [0.15, 0.2) is 0 Å². The van der Waals surface area contributed by atoms with Crippen LogP contribution in [0.3, 0.4) is 0 Å². The van der Waals surface area contributed by atoms with Crippen LogP contribution in [0, 0.1) is 6.42 Å². The van der Waals surface area contributed by atoms with E-state index in [1.54, 1.807) is 13.3 Å². The molecule has 1 fully saturated rings. The van der Waals surface area contributed by atoms with E-state index in [9.17, 15) is 13.9 Å². The second-order valence-electron chi connectivity index (χ2n) is 3.25. The summed E-state index contributed by atoms with van der Waals surface area (Å²) in [6.45, 7) is 1.71. The molecule has 0 amide bonds. The quantitative estimate of drug-likeness (QED) is 0.628. The summed E-state index contributed by atoms with van der Waals surface area (Å²) >= 11 is 0. The van der Waals surface area contributed by atoms with Crippen molar-refractivity contribution in [3.8, 4) is 0 Å². The van der Waals surface area contributed by atoms with E-state index >= 15 is 0 Å². The second-order valence-corrected chi connectivity index (χ2v) is 3.25. The summed E-state index contributed by atoms with van der Waals surface area (Å²) in [7, 11) is 0. The molecule has 0 aliphatic heterocycles. The van der Waals surface area contributed by atoms with E-state index in [-0.39, 0.29) is 25.7 Å². The van der Waals surface area contributed by atoms with Crippen LogP contribution in [-0.4, -0.2) is 16.6 Å². The Bertz CT molecular complexity index is 135. The van der Waals surface area contributed by atoms with Crippen LogP contribution in [0.15, 0.2) is 0 Å². The summed E-state index contributed by atoms with van der Waals surface area (Å²) in [5, 5.41) is 9.52. The van der Waals surface area contributed by atoms with Gasteiger partial charge in [-0.05, 0) is 19.3 Å². The molecule has 11 heavy (non-hydrogen) atoms. The van der Waals surface area contributed by atoms with Gasteiger partial charge in [0, 0.05) is 12.8 Å². The van der Waals surface area contributed by atoms with E-state index in [1.165, 1.54) is 0 Å². The molecule has 0 saturated heterocycles. The zero-order valence-electron chi connectivity index (χ0n) is 6.61. The van der Waals surface area contributed by atoms with Crippen molar-refractivity contribution in [3.63, 3.8) is 0 Å². The van der Waals surface area contributed by atoms with Gasteiger partial charge in [0.05, 0.1) is 5.60 Å². The van der Waals surface area contributed by atoms with Gasteiger partial charge in [-0.3, -0.25) is 0 Å². The molecule has 0 spiro atoms. The molecule has 1 aliphatic rings. The molecule has 1 rings (SSSR count). The van der Waals surface area contributed by atoms with Crippen LogP contribution in [0.5, 0.6) is 0 Å². The van der Waals surface area contributed by atoms with Gasteiger partial charge in [-0.2, -0.15) is 0 Å². The first kappa shape index (κ1) is 8.91. The molecule has 1 radical (unpaired) electrons. The minimum Gasteiger partial charge on any atom is -0.390 e. The molecule has 0 aromatic heterocycles. The Balaban J connectivity index is 2.48. The van der Waals surface area contributed by atoms with Gasteiger partial charge in [0.25, 0.3) is 0 Å². The lowest BCUT2D eigenvalue weighted by Gasteiger charge is -2.34. The Morgan fingerprint density at radius 3 is 2.00 bits per heavy atom. The molecule has 0 unspecified atom stereocenters. The van der Waals surface area contributed by atoms with Crippen molar-refractivity contribution in [3.05, 3.63) is 6.42 Å². The van der Waals surface area contributed by atoms with Crippen molar-refractivity contribution in [2.45, 2.75) is 44.1 Å². The fourth-order valence-electron chi connectivity index (χ4n) is 1.34. The Kier molecular flexibility index (Phi) is 2.19. The second kappa shape index (κ2) is 2.70. The standard InChI is InChI=1S/C8H13F2O/c1-2-7(11)3-5-8(9,10)6-4-7/h2,11H,3-6H2,1H3. The number of rotatable bonds is 1. The van der Waals surface area contributed by atoms with E-state index < -0.39 is 11.5 Å². The average Bonchev–Trinajstić information content (AvgIpc) is 1.97. The topological polar surface area (TPSA) is 20.2 Å². The molecule has 0 aromatic rings. The lowest BCUT2D eigenvalue weighted by atomic mass is 9.81. The van der Waals surface area contributed by atoms with Crippen LogP contribution < -0.4 is 0 Å². The summed E-state index contributed by atoms with van der Waals surface area (Å²) in [5.74, 6) is -2.55. The van der Waals surface area contributed by atoms with Crippen molar-refractivity contribution < 1.29 is 13.9 Å². The van der Waals surface area contributed by atoms with Crippen molar-refractivity contribution in [2.24, 2.45) is 0 Å². The minimum absolute atomic E-state index is 0.187. The van der Waals surface area contributed by atoms with Crippen LogP contribution in [0.1, 0.15) is 32.6 Å². The van der Waals surface area contributed by atoms with Gasteiger partial charge in [-0.25, -0.2) is 8.78 Å². The highest BCUT2D eigenvalue weighted by Gasteiger charge is 2.41. The number of hydrogen-bond acceptors (Lipinski definition) is 1. The lowest BCUT2D eigenvalue weighted by Crippen LogP contribution is -2.38. The van der Waals surface area contributed by atoms with E-state index in [0.29, 0.717) is 0 Å². The molecule has 3 heteroatoms. The summed E-state index contributed by atoms with van der Waals surface area (Å²) in [5.41, 5.74) is -0.929. The van der Waals surface area contributed by atoms with Crippen LogP contribution in [0.2, 0.25) is 0 Å². The van der Waals surface area contributed by atoms with Gasteiger partial charge >= 0.3 is 0 Å². The first-order valence-corrected chi connectivity index (χ1v) is 3.88. The van der Waals surface area contributed by atoms with E-state index in [1.807, 2.05) is 0 Å². The molecular weight excluding hydrogens is 150 g/mol. The summed E-state index contributed by atoms with van der Waals surface area (Å²) in [6, 6.07) is 0. The van der Waals surface area contributed by atoms with Gasteiger partial charge < -0.3 is 5.11 Å². The maximum Gasteiger partial charge on any atom is 0.248 e. The fourth-order valence-corrected chi connectivity index (χ4v) is 1.34. The van der Waals surface area contributed by atoms with E-state index in [0.717, 1.165) is 0 Å². The third-order valence-corrected chi connectivity index (χ3v) is 2.38. The predicted molar refractivity (Wildman–Crippen MR) is 38.3 cm³/mol. The number of alkyl halides is 2. The zero-order valence-corrected chi connectivity index (χ0v) is 6.61. The van der Waals surface area contributed by atoms with Crippen LogP contribution in [0.4, 0.5) is 8.78 Å². The largest absolute Gasteiger partial charge is 0.390 e. The molecule has 0 bridgehead atoms. The molecular formula is C8H13F2O. The highest BCUT2D eigenvalue weighted by atomic mass is 19.3. The molecule has 0 aromatic carbocycles. The molecule has 0 heterocycles. The normalized spacial score (nSPS) is 28.4. The summed E-state index contributed by atoms with van der Waals surface area (Å²) in [4.78, 5) is 0. The highest BCUT2D eigenvalue weighted by Crippen LogP contribution is 2.39. The first-order valence-electron chi connectivity index (χ1n) is 3.88. The molecule has 1 saturated carbocycles. The van der Waals surface area contributed by atoms with Crippen LogP contribution in [-0.2, 0) is 0 Å². The molecule has 1 N–H and O–H groups in total. The van der Waals surface area contributed by atoms with Gasteiger partial charge in [0.1, 0.15) is 0 Å². The summed E-state index contributed by atoms with van der Waals surface area (Å²) < 4.78 is 25.1. The first-order chi connectivity index (χ1) is 4.97. The van der Waals surface area contributed by atoms with Gasteiger partial charge in [-0.1, -0.05) is 6.92 Å². The Morgan fingerprint density at radius 2 is 1.64 bits per heavy atom. The zero-order chi connectivity index (χ0) is 8.54. The molecule has 1 nitrogen and oxygen atoms in total. The Labute approximate surface area is 65.4 Å². The monoisotopic (exact) mass is 163 g/mol. The van der Waals surface area contributed by atoms with Crippen molar-refractivity contribution in [1.82, 2.24) is 0 Å². The van der Waals surface area contributed by atoms with Crippen molar-refractivity contribution in [2.75, 3.05) is 0 Å². The average molecular weight is 163 g/mol. The SMILES string of the molecule is C[CH]C1(O)CCC(F)(F)CC1. The van der Waals surface area contributed by atoms with Crippen LogP contribution >= 0.6 is 0 Å². The number of hydrogen-bond donors (Lipinski definition) is 1. The van der Waals surface area contributed by atoms with Crippen LogP contribution in [0.25, 0.3) is 0 Å². The predicted octanol–water partition coefficient (Wildman–Crippen LogP) is 2.15. The van der Waals surface area contributed by atoms with E-state index in [4.69, 9.17) is 0 Å². The van der Waals surface area contributed by atoms with Gasteiger partial charge in [-0.15, -0.1) is 0 Å². The third kappa shape index (κ3) is 2.12. The molecule has 0 atom stereocenters. The maximum absolute atomic E-state index is 12.6. The maximum atomic E-state index is 12.6. The lowest BCUT2D eigenvalue weighted by molar-refractivity contribution is -0.0906. The number of halogens is 2. The Hall–Kier alpha value is -0.180. The summed E-state index contributed by atoms with van der Waals surface area (Å²) in [6.07, 6.45) is 1.62. The Morgan fingerprint density at radius 1 is 1.18 bits per heavy atom. The molecule has 65 valence electrons. The minimum atomic E-state index is -2.55. The smallest absolute Gasteiger partial charge is 0.248 e. The van der Waals surface area contributed by atoms with Gasteiger partial charge in [0.2, 0.25) is 5.92 Å². The molecule has 1 aliphatic carbocycles. The van der Waals surface area contributed by atoms with Crippen molar-refractivity contribution >= 4 is 0 Å². The third-order valence-electron chi connectivity index (χ3n) is 2.38. The highest BCUT2D eigenvalue weighted by molar-refractivity contribution is 4.96. The number of aliphatic hydroxyl groups is 1.